The molecule has 120 valence electrons. The van der Waals surface area contributed by atoms with Gasteiger partial charge in [0.05, 0.1) is 0 Å². The van der Waals surface area contributed by atoms with E-state index >= 15 is 0 Å². The van der Waals surface area contributed by atoms with Gasteiger partial charge in [-0.2, -0.15) is 0 Å². The van der Waals surface area contributed by atoms with Crippen LogP contribution in [0.3, 0.4) is 0 Å². The van der Waals surface area contributed by atoms with Crippen LogP contribution >= 0.6 is 0 Å². The third-order valence-electron chi connectivity index (χ3n) is 5.44. The maximum Gasteiger partial charge on any atom is 0.320 e. The van der Waals surface area contributed by atoms with Crippen LogP contribution in [-0.4, -0.2) is 46.8 Å². The molecule has 1 saturated heterocycles. The van der Waals surface area contributed by atoms with Gasteiger partial charge in [-0.1, -0.05) is 49.6 Å². The number of carboxylic acids is 1. The Morgan fingerprint density at radius 2 is 1.95 bits per heavy atom. The van der Waals surface area contributed by atoms with Crippen molar-refractivity contribution in [2.75, 3.05) is 19.7 Å². The molecule has 3 rings (SSSR count). The molecule has 1 saturated carbocycles. The minimum absolute atomic E-state index is 0.117. The second kappa shape index (κ2) is 6.80. The summed E-state index contributed by atoms with van der Waals surface area (Å²) in [4.78, 5) is 13.8. The number of benzene rings is 1. The van der Waals surface area contributed by atoms with Gasteiger partial charge < -0.3 is 10.2 Å². The summed E-state index contributed by atoms with van der Waals surface area (Å²) in [6.07, 6.45) is 4.34. The molecule has 1 aromatic rings. The molecule has 0 spiro atoms. The molecular weight excluding hydrogens is 278 g/mol. The monoisotopic (exact) mass is 303 g/mol. The summed E-state index contributed by atoms with van der Waals surface area (Å²) in [7, 11) is 0. The Bertz CT molecular complexity index is 500. The number of likely N-dealkylation sites (tertiary alicyclic amines) is 1. The largest absolute Gasteiger partial charge is 0.480 e. The molecule has 1 aromatic carbocycles. The average Bonchev–Trinajstić information content (AvgIpc) is 2.90. The highest BCUT2D eigenvalue weighted by atomic mass is 16.4. The molecule has 0 aromatic heterocycles. The molecule has 22 heavy (non-hydrogen) atoms. The maximum absolute atomic E-state index is 11.7. The van der Waals surface area contributed by atoms with E-state index in [0.717, 1.165) is 13.0 Å². The van der Waals surface area contributed by atoms with Crippen molar-refractivity contribution in [3.8, 4) is 0 Å². The Morgan fingerprint density at radius 3 is 2.50 bits per heavy atom. The molecule has 0 radical (unpaired) electrons. The number of aliphatic hydroxyl groups excluding tert-OH is 1. The van der Waals surface area contributed by atoms with Gasteiger partial charge in [-0.25, -0.2) is 0 Å². The number of nitrogens with zero attached hydrogens (tertiary/aromatic N) is 1. The molecule has 2 fully saturated rings. The summed E-state index contributed by atoms with van der Waals surface area (Å²) >= 11 is 0. The third-order valence-corrected chi connectivity index (χ3v) is 5.44. The van der Waals surface area contributed by atoms with Crippen LogP contribution in [0, 0.1) is 11.8 Å². The summed E-state index contributed by atoms with van der Waals surface area (Å²) in [5.74, 6) is 0.224. The first-order chi connectivity index (χ1) is 10.7. The minimum atomic E-state index is -0.711. The highest BCUT2D eigenvalue weighted by Crippen LogP contribution is 2.37. The van der Waals surface area contributed by atoms with Crippen LogP contribution in [0.4, 0.5) is 0 Å². The van der Waals surface area contributed by atoms with Crippen molar-refractivity contribution in [1.82, 2.24) is 4.90 Å². The first-order valence-electron chi connectivity index (χ1n) is 8.31. The van der Waals surface area contributed by atoms with Crippen molar-refractivity contribution in [1.29, 1.82) is 0 Å². The van der Waals surface area contributed by atoms with Crippen molar-refractivity contribution < 1.29 is 15.0 Å². The summed E-state index contributed by atoms with van der Waals surface area (Å²) in [6.45, 7) is 1.53. The van der Waals surface area contributed by atoms with E-state index in [1.165, 1.54) is 24.8 Å². The summed E-state index contributed by atoms with van der Waals surface area (Å²) in [5, 5.41) is 19.3. The standard InChI is InChI=1S/C18H25NO3/c20-12-15-10-19(11-16(15)14-7-2-1-3-8-14)17(18(21)22)9-13-5-4-6-13/h1-3,7-8,13,15-17,20H,4-6,9-12H2,(H,21,22)/t15-,16-,17-/m1/s1. The summed E-state index contributed by atoms with van der Waals surface area (Å²) in [6, 6.07) is 9.77. The number of carbonyl (C=O) groups is 1. The number of hydrogen-bond donors (Lipinski definition) is 2. The fraction of sp³-hybridized carbons (Fsp3) is 0.611. The fourth-order valence-electron chi connectivity index (χ4n) is 3.87. The Kier molecular flexibility index (Phi) is 4.79. The smallest absolute Gasteiger partial charge is 0.320 e. The van der Waals surface area contributed by atoms with E-state index in [1.54, 1.807) is 0 Å². The van der Waals surface area contributed by atoms with E-state index in [-0.39, 0.29) is 18.4 Å². The van der Waals surface area contributed by atoms with E-state index in [1.807, 2.05) is 18.2 Å². The van der Waals surface area contributed by atoms with Crippen LogP contribution < -0.4 is 0 Å². The zero-order chi connectivity index (χ0) is 15.5. The number of aliphatic carboxylic acids is 1. The van der Waals surface area contributed by atoms with Crippen molar-refractivity contribution in [3.05, 3.63) is 35.9 Å². The predicted molar refractivity (Wildman–Crippen MR) is 84.7 cm³/mol. The van der Waals surface area contributed by atoms with E-state index in [0.29, 0.717) is 12.5 Å². The molecule has 3 atom stereocenters. The lowest BCUT2D eigenvalue weighted by Crippen LogP contribution is -2.42. The Hall–Kier alpha value is -1.39. The number of rotatable bonds is 6. The Morgan fingerprint density at radius 1 is 1.23 bits per heavy atom. The van der Waals surface area contributed by atoms with Crippen LogP contribution in [0.2, 0.25) is 0 Å². The van der Waals surface area contributed by atoms with Crippen LogP contribution in [0.25, 0.3) is 0 Å². The average molecular weight is 303 g/mol. The summed E-state index contributed by atoms with van der Waals surface area (Å²) in [5.41, 5.74) is 1.21. The van der Waals surface area contributed by atoms with Gasteiger partial charge in [0.2, 0.25) is 0 Å². The first-order valence-corrected chi connectivity index (χ1v) is 8.31. The summed E-state index contributed by atoms with van der Waals surface area (Å²) < 4.78 is 0. The molecule has 0 amide bonds. The lowest BCUT2D eigenvalue weighted by molar-refractivity contribution is -0.144. The molecule has 0 bridgehead atoms. The van der Waals surface area contributed by atoms with Crippen LogP contribution in [0.5, 0.6) is 0 Å². The predicted octanol–water partition coefficient (Wildman–Crippen LogP) is 2.34. The normalized spacial score (nSPS) is 27.5. The number of carboxylic acid groups (broad SMARTS) is 1. The van der Waals surface area contributed by atoms with E-state index in [9.17, 15) is 15.0 Å². The van der Waals surface area contributed by atoms with Gasteiger partial charge in [0.25, 0.3) is 0 Å². The molecule has 4 nitrogen and oxygen atoms in total. The SMILES string of the molecule is O=C(O)[C@@H](CC1CCC1)N1C[C@H](CO)[C@@H](c2ccccc2)C1. The van der Waals surface area contributed by atoms with Gasteiger partial charge in [0.1, 0.15) is 6.04 Å². The zero-order valence-electron chi connectivity index (χ0n) is 12.9. The van der Waals surface area contributed by atoms with Gasteiger partial charge in [-0.15, -0.1) is 0 Å². The molecule has 4 heteroatoms. The minimum Gasteiger partial charge on any atom is -0.480 e. The van der Waals surface area contributed by atoms with Crippen LogP contribution in [0.1, 0.15) is 37.2 Å². The molecule has 2 aliphatic rings. The van der Waals surface area contributed by atoms with E-state index in [4.69, 9.17) is 0 Å². The Labute approximate surface area is 131 Å². The van der Waals surface area contributed by atoms with E-state index in [2.05, 4.69) is 17.0 Å². The van der Waals surface area contributed by atoms with Gasteiger partial charge >= 0.3 is 5.97 Å². The van der Waals surface area contributed by atoms with Crippen LogP contribution in [0.15, 0.2) is 30.3 Å². The lowest BCUT2D eigenvalue weighted by atomic mass is 9.80. The van der Waals surface area contributed by atoms with Crippen LogP contribution in [-0.2, 0) is 4.79 Å². The molecule has 2 N–H and O–H groups in total. The quantitative estimate of drug-likeness (QED) is 0.847. The van der Waals surface area contributed by atoms with Crippen molar-refractivity contribution >= 4 is 5.97 Å². The Balaban J connectivity index is 1.72. The molecule has 1 heterocycles. The number of hydrogen-bond acceptors (Lipinski definition) is 3. The van der Waals surface area contributed by atoms with Gasteiger partial charge in [-0.05, 0) is 17.9 Å². The van der Waals surface area contributed by atoms with Crippen molar-refractivity contribution in [3.63, 3.8) is 0 Å². The van der Waals surface area contributed by atoms with Gasteiger partial charge in [0, 0.05) is 31.5 Å². The molecule has 0 unspecified atom stereocenters. The highest BCUT2D eigenvalue weighted by molar-refractivity contribution is 5.73. The lowest BCUT2D eigenvalue weighted by Gasteiger charge is -2.32. The second-order valence-electron chi connectivity index (χ2n) is 6.80. The van der Waals surface area contributed by atoms with Crippen molar-refractivity contribution in [2.45, 2.75) is 37.6 Å². The van der Waals surface area contributed by atoms with Gasteiger partial charge in [0.15, 0.2) is 0 Å². The maximum atomic E-state index is 11.7. The first kappa shape index (κ1) is 15.5. The molecule has 1 aliphatic heterocycles. The number of aliphatic hydroxyl groups is 1. The fourth-order valence-corrected chi connectivity index (χ4v) is 3.87. The van der Waals surface area contributed by atoms with Crippen molar-refractivity contribution in [2.24, 2.45) is 11.8 Å². The van der Waals surface area contributed by atoms with Gasteiger partial charge in [-0.3, -0.25) is 9.69 Å². The topological polar surface area (TPSA) is 60.8 Å². The molecule has 1 aliphatic carbocycles. The second-order valence-corrected chi connectivity index (χ2v) is 6.80. The third kappa shape index (κ3) is 3.18. The van der Waals surface area contributed by atoms with E-state index < -0.39 is 12.0 Å². The zero-order valence-corrected chi connectivity index (χ0v) is 12.9. The highest BCUT2D eigenvalue weighted by Gasteiger charge is 2.40. The molecular formula is C18H25NO3.